The van der Waals surface area contributed by atoms with Gasteiger partial charge in [-0.3, -0.25) is 4.98 Å². The van der Waals surface area contributed by atoms with Crippen LogP contribution >= 0.6 is 0 Å². The summed E-state index contributed by atoms with van der Waals surface area (Å²) < 4.78 is 0. The topological polar surface area (TPSA) is 28.2 Å². The van der Waals surface area contributed by atoms with Crippen molar-refractivity contribution in [1.29, 1.82) is 0 Å². The third kappa shape index (κ3) is 3.70. The molecule has 2 rings (SSSR count). The summed E-state index contributed by atoms with van der Waals surface area (Å²) in [5.74, 6) is 0. The number of piperazine rings is 1. The maximum absolute atomic E-state index is 4.60. The van der Waals surface area contributed by atoms with E-state index in [1.54, 1.807) is 0 Å². The van der Waals surface area contributed by atoms with Crippen molar-refractivity contribution in [3.8, 4) is 0 Å². The van der Waals surface area contributed by atoms with Crippen LogP contribution in [0.4, 0.5) is 5.69 Å². The monoisotopic (exact) mass is 273 g/mol. The predicted octanol–water partition coefficient (Wildman–Crippen LogP) is 3.37. The molecule has 1 N–H and O–H groups in total. The molecule has 20 heavy (non-hydrogen) atoms. The third-order valence-corrected chi connectivity index (χ3v) is 3.34. The van der Waals surface area contributed by atoms with Gasteiger partial charge in [0.25, 0.3) is 0 Å². The number of nitrogens with zero attached hydrogens (tertiary/aromatic N) is 2. The minimum atomic E-state index is 0.942. The molecule has 0 radical (unpaired) electrons. The lowest BCUT2D eigenvalue weighted by Gasteiger charge is -2.31. The highest BCUT2D eigenvalue weighted by molar-refractivity contribution is 5.74. The number of rotatable bonds is 4. The molecule has 1 aliphatic heterocycles. The molecule has 0 aliphatic carbocycles. The van der Waals surface area contributed by atoms with Gasteiger partial charge in [-0.25, -0.2) is 0 Å². The average molecular weight is 273 g/mol. The van der Waals surface area contributed by atoms with Crippen LogP contribution in [0.15, 0.2) is 19.2 Å². The number of pyridine rings is 1. The molecule has 0 bridgehead atoms. The second-order valence-electron chi connectivity index (χ2n) is 4.43. The number of nitrogens with one attached hydrogen (secondary N) is 1. The molecular weight excluding hydrogens is 246 g/mol. The van der Waals surface area contributed by atoms with Gasteiger partial charge in [-0.05, 0) is 18.6 Å². The first-order valence-corrected chi connectivity index (χ1v) is 7.54. The quantitative estimate of drug-likeness (QED) is 0.911. The molecule has 0 saturated carbocycles. The van der Waals surface area contributed by atoms with E-state index >= 15 is 0 Å². The van der Waals surface area contributed by atoms with Crippen LogP contribution in [-0.2, 0) is 6.42 Å². The van der Waals surface area contributed by atoms with Crippen molar-refractivity contribution in [2.45, 2.75) is 27.2 Å². The number of hydrogen-bond donors (Lipinski definition) is 1. The lowest BCUT2D eigenvalue weighted by atomic mass is 10.1. The Morgan fingerprint density at radius 3 is 2.40 bits per heavy atom. The van der Waals surface area contributed by atoms with E-state index in [9.17, 15) is 0 Å². The number of anilines is 1. The molecule has 1 aromatic rings. The zero-order valence-electron chi connectivity index (χ0n) is 13.1. The van der Waals surface area contributed by atoms with Crippen molar-refractivity contribution in [3.63, 3.8) is 0 Å². The molecule has 0 unspecified atom stereocenters. The van der Waals surface area contributed by atoms with Crippen LogP contribution in [0, 0.1) is 0 Å². The first-order valence-electron chi connectivity index (χ1n) is 7.54. The molecule has 3 heteroatoms. The molecule has 1 aromatic heterocycles. The Morgan fingerprint density at radius 1 is 1.25 bits per heavy atom. The summed E-state index contributed by atoms with van der Waals surface area (Å²) in [5, 5.41) is 3.38. The summed E-state index contributed by atoms with van der Waals surface area (Å²) in [5.41, 5.74) is 4.40. The van der Waals surface area contributed by atoms with Gasteiger partial charge in [-0.15, -0.1) is 0 Å². The van der Waals surface area contributed by atoms with Crippen molar-refractivity contribution < 1.29 is 0 Å². The van der Waals surface area contributed by atoms with Crippen LogP contribution in [0.5, 0.6) is 0 Å². The van der Waals surface area contributed by atoms with Crippen LogP contribution in [0.2, 0.25) is 0 Å². The Balaban J connectivity index is 0.000000956. The maximum atomic E-state index is 4.60. The SMILES string of the molecule is C=Cc1nc(CC)cc(N2CCNCC2)c1C=C.CC. The summed E-state index contributed by atoms with van der Waals surface area (Å²) in [7, 11) is 0. The summed E-state index contributed by atoms with van der Waals surface area (Å²) in [6.07, 6.45) is 4.65. The van der Waals surface area contributed by atoms with Gasteiger partial charge in [-0.1, -0.05) is 40.0 Å². The largest absolute Gasteiger partial charge is 0.368 e. The minimum absolute atomic E-state index is 0.942. The van der Waals surface area contributed by atoms with E-state index in [2.05, 4.69) is 41.3 Å². The van der Waals surface area contributed by atoms with E-state index < -0.39 is 0 Å². The normalized spacial score (nSPS) is 14.2. The maximum Gasteiger partial charge on any atom is 0.0720 e. The van der Waals surface area contributed by atoms with Crippen molar-refractivity contribution in [2.24, 2.45) is 0 Å². The Bertz CT molecular complexity index is 446. The average Bonchev–Trinajstić information content (AvgIpc) is 2.56. The van der Waals surface area contributed by atoms with E-state index in [-0.39, 0.29) is 0 Å². The number of aromatic nitrogens is 1. The summed E-state index contributed by atoms with van der Waals surface area (Å²) in [6.45, 7) is 18.0. The second kappa shape index (κ2) is 8.54. The molecule has 1 saturated heterocycles. The van der Waals surface area contributed by atoms with Gasteiger partial charge in [0.2, 0.25) is 0 Å². The van der Waals surface area contributed by atoms with E-state index in [0.29, 0.717) is 0 Å². The fourth-order valence-corrected chi connectivity index (χ4v) is 2.33. The smallest absolute Gasteiger partial charge is 0.0720 e. The molecular formula is C17H27N3. The van der Waals surface area contributed by atoms with Gasteiger partial charge >= 0.3 is 0 Å². The molecule has 110 valence electrons. The Morgan fingerprint density at radius 2 is 1.90 bits per heavy atom. The van der Waals surface area contributed by atoms with Gasteiger partial charge in [0.1, 0.15) is 0 Å². The van der Waals surface area contributed by atoms with E-state index in [1.807, 2.05) is 26.0 Å². The zero-order chi connectivity index (χ0) is 15.0. The third-order valence-electron chi connectivity index (χ3n) is 3.34. The van der Waals surface area contributed by atoms with Gasteiger partial charge < -0.3 is 10.2 Å². The Labute approximate surface area is 123 Å². The van der Waals surface area contributed by atoms with Crippen LogP contribution in [0.1, 0.15) is 37.7 Å². The molecule has 2 heterocycles. The standard InChI is InChI=1S/C15H21N3.C2H6/c1-4-12-11-15(18-9-7-16-8-10-18)13(5-2)14(6-3)17-12;1-2/h5-6,11,16H,2-4,7-10H2,1H3;1-2H3. The molecule has 0 aromatic carbocycles. The first-order chi connectivity index (χ1) is 9.80. The van der Waals surface area contributed by atoms with Gasteiger partial charge in [0.15, 0.2) is 0 Å². The van der Waals surface area contributed by atoms with Crippen molar-refractivity contribution in [3.05, 3.63) is 36.2 Å². The molecule has 1 aliphatic rings. The van der Waals surface area contributed by atoms with Crippen LogP contribution in [0.3, 0.4) is 0 Å². The van der Waals surface area contributed by atoms with Crippen LogP contribution < -0.4 is 10.2 Å². The van der Waals surface area contributed by atoms with Gasteiger partial charge in [-0.2, -0.15) is 0 Å². The molecule has 0 amide bonds. The van der Waals surface area contributed by atoms with E-state index in [0.717, 1.165) is 49.6 Å². The zero-order valence-corrected chi connectivity index (χ0v) is 13.1. The lowest BCUT2D eigenvalue weighted by Crippen LogP contribution is -2.43. The number of hydrogen-bond acceptors (Lipinski definition) is 3. The summed E-state index contributed by atoms with van der Waals surface area (Å²) in [4.78, 5) is 7.01. The minimum Gasteiger partial charge on any atom is -0.368 e. The highest BCUT2D eigenvalue weighted by Crippen LogP contribution is 2.26. The molecule has 3 nitrogen and oxygen atoms in total. The van der Waals surface area contributed by atoms with Gasteiger partial charge in [0, 0.05) is 43.1 Å². The predicted molar refractivity (Wildman–Crippen MR) is 90.2 cm³/mol. The van der Waals surface area contributed by atoms with Crippen molar-refractivity contribution >= 4 is 17.8 Å². The molecule has 0 atom stereocenters. The Hall–Kier alpha value is -1.61. The van der Waals surface area contributed by atoms with Crippen LogP contribution in [-0.4, -0.2) is 31.2 Å². The lowest BCUT2D eigenvalue weighted by molar-refractivity contribution is 0.588. The fraction of sp³-hybridized carbons (Fsp3) is 0.471. The molecule has 1 fully saturated rings. The van der Waals surface area contributed by atoms with Crippen molar-refractivity contribution in [2.75, 3.05) is 31.1 Å². The number of aryl methyl sites for hydroxylation is 1. The second-order valence-corrected chi connectivity index (χ2v) is 4.43. The van der Waals surface area contributed by atoms with Crippen LogP contribution in [0.25, 0.3) is 12.2 Å². The van der Waals surface area contributed by atoms with Gasteiger partial charge in [0.05, 0.1) is 5.69 Å². The summed E-state index contributed by atoms with van der Waals surface area (Å²) >= 11 is 0. The van der Waals surface area contributed by atoms with E-state index in [4.69, 9.17) is 0 Å². The van der Waals surface area contributed by atoms with E-state index in [1.165, 1.54) is 5.69 Å². The first kappa shape index (κ1) is 16.4. The Kier molecular flexibility index (Phi) is 7.02. The fourth-order valence-electron chi connectivity index (χ4n) is 2.33. The highest BCUT2D eigenvalue weighted by Gasteiger charge is 2.16. The van der Waals surface area contributed by atoms with Crippen molar-refractivity contribution in [1.82, 2.24) is 10.3 Å². The molecule has 0 spiro atoms. The summed E-state index contributed by atoms with van der Waals surface area (Å²) in [6, 6.07) is 2.19. The highest BCUT2D eigenvalue weighted by atomic mass is 15.2.